The largest absolute Gasteiger partial charge is 0.851 e. The first-order chi connectivity index (χ1) is 20.5. The van der Waals surface area contributed by atoms with Crippen LogP contribution in [0.25, 0.3) is 21.8 Å². The van der Waals surface area contributed by atoms with Crippen LogP contribution in [0.2, 0.25) is 0 Å². The van der Waals surface area contributed by atoms with Crippen molar-refractivity contribution in [2.75, 3.05) is 10.6 Å². The number of anilines is 2. The third-order valence-electron chi connectivity index (χ3n) is 10.5. The zero-order chi connectivity index (χ0) is 28.1. The van der Waals surface area contributed by atoms with Crippen molar-refractivity contribution < 1.29 is 19.7 Å². The van der Waals surface area contributed by atoms with E-state index in [1.165, 1.54) is 12.8 Å². The molecule has 5 aliphatic rings. The Kier molecular flexibility index (Phi) is 5.31. The zero-order valence-electron chi connectivity index (χ0n) is 23.5. The smallest absolute Gasteiger partial charge is 0.180 e. The van der Waals surface area contributed by atoms with Gasteiger partial charge < -0.3 is 30.3 Å². The molecule has 4 aromatic rings. The van der Waals surface area contributed by atoms with Gasteiger partial charge in [0.25, 0.3) is 0 Å². The summed E-state index contributed by atoms with van der Waals surface area (Å²) in [4.78, 5) is 9.40. The molecule has 0 saturated heterocycles. The number of ether oxygens (including phenoxy) is 2. The van der Waals surface area contributed by atoms with E-state index in [0.29, 0.717) is 0 Å². The van der Waals surface area contributed by atoms with Crippen LogP contribution in [0.15, 0.2) is 48.8 Å². The van der Waals surface area contributed by atoms with Gasteiger partial charge in [0, 0.05) is 38.1 Å². The molecular formula is C34H34N4O4-2. The summed E-state index contributed by atoms with van der Waals surface area (Å²) >= 11 is 0. The Morgan fingerprint density at radius 2 is 1.05 bits per heavy atom. The molecule has 0 radical (unpaired) electrons. The van der Waals surface area contributed by atoms with Crippen LogP contribution in [0.3, 0.4) is 0 Å². The number of nitrogens with zero attached hydrogens (tertiary/aromatic N) is 2. The summed E-state index contributed by atoms with van der Waals surface area (Å²) in [6, 6.07) is 11.8. The molecule has 0 bridgehead atoms. The van der Waals surface area contributed by atoms with Gasteiger partial charge in [-0.1, -0.05) is 25.0 Å². The number of rotatable bonds is 2. The van der Waals surface area contributed by atoms with E-state index in [1.807, 2.05) is 36.4 Å². The van der Waals surface area contributed by atoms with Gasteiger partial charge in [0.15, 0.2) is 11.4 Å². The number of benzene rings is 2. The quantitative estimate of drug-likeness (QED) is 0.349. The van der Waals surface area contributed by atoms with Gasteiger partial charge >= 0.3 is 0 Å². The molecule has 8 heteroatoms. The molecule has 2 spiro atoms. The maximum atomic E-state index is 14.2. The summed E-state index contributed by atoms with van der Waals surface area (Å²) in [6.07, 6.45) is 11.6. The second-order valence-corrected chi connectivity index (χ2v) is 13.0. The molecule has 42 heavy (non-hydrogen) atoms. The Hall–Kier alpha value is -3.62. The standard InChI is InChI=1S/C34H34N4O4/c39-31-25(19-17-35-21-9-7-11-23-27(21)29(19)37-33(41-23)13-3-1-4-14-33)32(40)26(31)20-18-36-22-10-8-12-24-28(22)30(20)38-34(42-24)15-5-2-6-16-34/h7-12,17-18,25-26,31-32,37-38H,1-6,13-16H2/q-2. The van der Waals surface area contributed by atoms with Crippen LogP contribution in [0, 0.1) is 0 Å². The van der Waals surface area contributed by atoms with Gasteiger partial charge in [-0.3, -0.25) is 9.97 Å². The first-order valence-corrected chi connectivity index (χ1v) is 15.6. The molecule has 2 N–H and O–H groups in total. The average Bonchev–Trinajstić information content (AvgIpc) is 3.00. The summed E-state index contributed by atoms with van der Waals surface area (Å²) in [7, 11) is 0. The first-order valence-electron chi connectivity index (χ1n) is 15.6. The molecular weight excluding hydrogens is 528 g/mol. The molecule has 8 nitrogen and oxygen atoms in total. The van der Waals surface area contributed by atoms with Crippen LogP contribution in [0.4, 0.5) is 11.4 Å². The van der Waals surface area contributed by atoms with Gasteiger partial charge in [-0.15, -0.1) is 12.2 Å². The van der Waals surface area contributed by atoms with Crippen LogP contribution in [0.5, 0.6) is 11.5 Å². The monoisotopic (exact) mass is 562 g/mol. The molecule has 4 heterocycles. The van der Waals surface area contributed by atoms with Gasteiger partial charge in [-0.25, -0.2) is 0 Å². The summed E-state index contributed by atoms with van der Waals surface area (Å²) in [6.45, 7) is 0. The number of hydrogen-bond donors (Lipinski definition) is 2. The van der Waals surface area contributed by atoms with Crippen molar-refractivity contribution in [2.45, 2.75) is 99.7 Å². The molecule has 2 aliphatic heterocycles. The molecule has 216 valence electrons. The van der Waals surface area contributed by atoms with Crippen molar-refractivity contribution in [1.29, 1.82) is 0 Å². The van der Waals surface area contributed by atoms with Crippen molar-refractivity contribution in [3.05, 3.63) is 59.9 Å². The van der Waals surface area contributed by atoms with Crippen LogP contribution in [-0.4, -0.2) is 33.6 Å². The lowest BCUT2D eigenvalue weighted by atomic mass is 9.62. The zero-order valence-corrected chi connectivity index (χ0v) is 23.5. The highest BCUT2D eigenvalue weighted by Crippen LogP contribution is 2.55. The number of hydrogen-bond acceptors (Lipinski definition) is 8. The molecule has 3 saturated carbocycles. The number of nitrogens with one attached hydrogen (secondary N) is 2. The highest BCUT2D eigenvalue weighted by Gasteiger charge is 2.46. The van der Waals surface area contributed by atoms with Gasteiger partial charge in [0.1, 0.15) is 11.5 Å². The fraction of sp³-hybridized carbons (Fsp3) is 0.471. The topological polar surface area (TPSA) is 114 Å². The molecule has 2 aromatic heterocycles. The Morgan fingerprint density at radius 3 is 1.48 bits per heavy atom. The fourth-order valence-electron chi connectivity index (χ4n) is 8.41. The van der Waals surface area contributed by atoms with Crippen LogP contribution >= 0.6 is 0 Å². The van der Waals surface area contributed by atoms with Gasteiger partial charge in [-0.05, 0) is 72.9 Å². The average molecular weight is 563 g/mol. The van der Waals surface area contributed by atoms with E-state index in [0.717, 1.165) is 107 Å². The summed E-state index contributed by atoms with van der Waals surface area (Å²) in [5.41, 5.74) is 3.78. The van der Waals surface area contributed by atoms with E-state index in [1.54, 1.807) is 12.4 Å². The van der Waals surface area contributed by atoms with Crippen LogP contribution in [0.1, 0.15) is 87.2 Å². The van der Waals surface area contributed by atoms with E-state index < -0.39 is 35.5 Å². The summed E-state index contributed by atoms with van der Waals surface area (Å²) in [5.74, 6) is 0.164. The fourth-order valence-corrected chi connectivity index (χ4v) is 8.41. The Morgan fingerprint density at radius 1 is 0.619 bits per heavy atom. The second kappa shape index (κ2) is 8.94. The number of aromatic nitrogens is 2. The van der Waals surface area contributed by atoms with Crippen molar-refractivity contribution in [1.82, 2.24) is 9.97 Å². The van der Waals surface area contributed by atoms with Crippen molar-refractivity contribution in [3.8, 4) is 11.5 Å². The van der Waals surface area contributed by atoms with Gasteiger partial charge in [-0.2, -0.15) is 0 Å². The second-order valence-electron chi connectivity index (χ2n) is 13.0. The van der Waals surface area contributed by atoms with E-state index >= 15 is 0 Å². The van der Waals surface area contributed by atoms with Gasteiger partial charge in [0.2, 0.25) is 0 Å². The molecule has 9 rings (SSSR count). The highest BCUT2D eigenvalue weighted by molar-refractivity contribution is 6.00. The Bertz CT molecular complexity index is 1590. The molecule has 3 fully saturated rings. The minimum absolute atomic E-state index is 0.503. The third-order valence-corrected chi connectivity index (χ3v) is 10.5. The normalized spacial score (nSPS) is 28.4. The lowest BCUT2D eigenvalue weighted by Gasteiger charge is -2.62. The lowest BCUT2D eigenvalue weighted by molar-refractivity contribution is -0.535. The van der Waals surface area contributed by atoms with Crippen LogP contribution < -0.4 is 30.3 Å². The van der Waals surface area contributed by atoms with Crippen LogP contribution in [-0.2, 0) is 0 Å². The molecule has 0 atom stereocenters. The van der Waals surface area contributed by atoms with Crippen molar-refractivity contribution in [2.24, 2.45) is 0 Å². The van der Waals surface area contributed by atoms with E-state index in [9.17, 15) is 10.2 Å². The van der Waals surface area contributed by atoms with E-state index in [4.69, 9.17) is 19.4 Å². The summed E-state index contributed by atoms with van der Waals surface area (Å²) < 4.78 is 13.1. The van der Waals surface area contributed by atoms with E-state index in [-0.39, 0.29) is 0 Å². The predicted molar refractivity (Wildman–Crippen MR) is 157 cm³/mol. The minimum atomic E-state index is -1.11. The van der Waals surface area contributed by atoms with E-state index in [2.05, 4.69) is 10.6 Å². The third kappa shape index (κ3) is 3.48. The van der Waals surface area contributed by atoms with Crippen molar-refractivity contribution in [3.63, 3.8) is 0 Å². The maximum absolute atomic E-state index is 14.2. The van der Waals surface area contributed by atoms with Gasteiger partial charge in [0.05, 0.1) is 33.2 Å². The SMILES string of the molecule is [O-]C1C(c2cnc3cccc4c3c2NC2(CCCCC2)O4)C([O-])C1c1cnc2cccc3c2c1NC1(CCCCC1)O3. The molecule has 2 aromatic carbocycles. The molecule has 0 amide bonds. The molecule has 3 aliphatic carbocycles. The lowest BCUT2D eigenvalue weighted by Crippen LogP contribution is -2.64. The highest BCUT2D eigenvalue weighted by atomic mass is 16.5. The minimum Gasteiger partial charge on any atom is -0.851 e. The number of pyridine rings is 2. The maximum Gasteiger partial charge on any atom is 0.180 e. The first kappa shape index (κ1) is 24.9. The molecule has 0 unspecified atom stereocenters. The predicted octanol–water partition coefficient (Wildman–Crippen LogP) is 5.05. The Labute approximate surface area is 244 Å². The summed E-state index contributed by atoms with van der Waals surface area (Å²) in [5, 5.41) is 37.6. The Balaban J connectivity index is 1.12. The van der Waals surface area contributed by atoms with Crippen molar-refractivity contribution >= 4 is 33.2 Å².